The molecule has 0 bridgehead atoms. The summed E-state index contributed by atoms with van der Waals surface area (Å²) in [5.41, 5.74) is 8.23. The van der Waals surface area contributed by atoms with Gasteiger partial charge in [-0.15, -0.1) is 11.3 Å². The van der Waals surface area contributed by atoms with Crippen LogP contribution in [0.4, 0.5) is 5.13 Å². The molecule has 0 unspecified atom stereocenters. The van der Waals surface area contributed by atoms with Gasteiger partial charge >= 0.3 is 0 Å². The Morgan fingerprint density at radius 1 is 1.04 bits per heavy atom. The highest BCUT2D eigenvalue weighted by atomic mass is 32.1. The van der Waals surface area contributed by atoms with Gasteiger partial charge in [0.1, 0.15) is 0 Å². The van der Waals surface area contributed by atoms with Crippen molar-refractivity contribution in [3.05, 3.63) is 77.4 Å². The van der Waals surface area contributed by atoms with Crippen molar-refractivity contribution in [2.24, 2.45) is 5.10 Å². The Kier molecular flexibility index (Phi) is 4.23. The lowest BCUT2D eigenvalue weighted by molar-refractivity contribution is 1.22. The van der Waals surface area contributed by atoms with Gasteiger partial charge in [0.25, 0.3) is 0 Å². The Labute approximate surface area is 149 Å². The smallest absolute Gasteiger partial charge is 0.203 e. The van der Waals surface area contributed by atoms with E-state index in [1.165, 1.54) is 0 Å². The largest absolute Gasteiger partial charge is 0.256 e. The molecule has 0 fully saturated rings. The summed E-state index contributed by atoms with van der Waals surface area (Å²) in [5, 5.41) is 8.16. The molecule has 0 spiro atoms. The maximum atomic E-state index is 4.52. The highest BCUT2D eigenvalue weighted by Gasteiger charge is 2.01. The average Bonchev–Trinajstić information content (AvgIpc) is 3.07. The number of thiazole rings is 1. The predicted octanol–water partition coefficient (Wildman–Crippen LogP) is 5.11. The summed E-state index contributed by atoms with van der Waals surface area (Å²) >= 11 is 1.54. The molecule has 0 saturated heterocycles. The summed E-state index contributed by atoms with van der Waals surface area (Å²) < 4.78 is 0. The highest BCUT2D eigenvalue weighted by molar-refractivity contribution is 7.13. The van der Waals surface area contributed by atoms with Gasteiger partial charge in [-0.1, -0.05) is 42.5 Å². The average molecular weight is 344 g/mol. The molecule has 0 saturated carbocycles. The van der Waals surface area contributed by atoms with E-state index in [0.29, 0.717) is 0 Å². The standard InChI is InChI=1S/C20H16N4S/c1-14-13-25-20(23-14)24-22-11-15-6-8-16(9-7-15)18-10-17-4-2-3-5-19(17)21-12-18/h2-13H,1H3,(H,23,24). The lowest BCUT2D eigenvalue weighted by atomic mass is 10.0. The first-order valence-corrected chi connectivity index (χ1v) is 8.82. The van der Waals surface area contributed by atoms with Gasteiger partial charge in [-0.3, -0.25) is 10.4 Å². The maximum Gasteiger partial charge on any atom is 0.203 e. The number of aromatic nitrogens is 2. The van der Waals surface area contributed by atoms with Gasteiger partial charge in [-0.05, 0) is 30.2 Å². The quantitative estimate of drug-likeness (QED) is 0.413. The molecule has 2 aromatic carbocycles. The molecule has 0 aliphatic heterocycles. The van der Waals surface area contributed by atoms with Gasteiger partial charge in [0.05, 0.1) is 17.4 Å². The van der Waals surface area contributed by atoms with Gasteiger partial charge < -0.3 is 0 Å². The fourth-order valence-corrected chi connectivity index (χ4v) is 3.19. The van der Waals surface area contributed by atoms with Crippen LogP contribution in [0.5, 0.6) is 0 Å². The van der Waals surface area contributed by atoms with Crippen LogP contribution in [-0.4, -0.2) is 16.2 Å². The number of anilines is 1. The first-order valence-electron chi connectivity index (χ1n) is 7.94. The summed E-state index contributed by atoms with van der Waals surface area (Å²) in [6.07, 6.45) is 3.71. The van der Waals surface area contributed by atoms with Crippen molar-refractivity contribution >= 4 is 33.6 Å². The fourth-order valence-electron chi connectivity index (χ4n) is 2.56. The first-order chi connectivity index (χ1) is 12.3. The molecule has 0 amide bonds. The Morgan fingerprint density at radius 3 is 2.68 bits per heavy atom. The zero-order valence-electron chi connectivity index (χ0n) is 13.7. The van der Waals surface area contributed by atoms with Crippen molar-refractivity contribution in [1.82, 2.24) is 9.97 Å². The summed E-state index contributed by atoms with van der Waals surface area (Å²) in [7, 11) is 0. The van der Waals surface area contributed by atoms with Crippen molar-refractivity contribution in [2.45, 2.75) is 6.92 Å². The number of para-hydroxylation sites is 1. The Bertz CT molecular complexity index is 1030. The molecule has 0 aliphatic rings. The molecule has 0 radical (unpaired) electrons. The molecular formula is C20H16N4S. The van der Waals surface area contributed by atoms with E-state index in [1.807, 2.05) is 48.8 Å². The molecule has 4 rings (SSSR count). The van der Waals surface area contributed by atoms with Gasteiger partial charge in [0, 0.05) is 22.5 Å². The number of hydrazone groups is 1. The van der Waals surface area contributed by atoms with E-state index in [4.69, 9.17) is 0 Å². The van der Waals surface area contributed by atoms with Crippen molar-refractivity contribution in [3.8, 4) is 11.1 Å². The van der Waals surface area contributed by atoms with Crippen LogP contribution in [0.1, 0.15) is 11.3 Å². The van der Waals surface area contributed by atoms with Gasteiger partial charge in [0.2, 0.25) is 5.13 Å². The molecule has 5 heteroatoms. The minimum atomic E-state index is 0.799. The molecule has 25 heavy (non-hydrogen) atoms. The lowest BCUT2D eigenvalue weighted by Gasteiger charge is -2.04. The summed E-state index contributed by atoms with van der Waals surface area (Å²) in [6, 6.07) is 18.6. The van der Waals surface area contributed by atoms with Crippen molar-refractivity contribution in [3.63, 3.8) is 0 Å². The molecule has 2 aromatic heterocycles. The van der Waals surface area contributed by atoms with E-state index in [-0.39, 0.29) is 0 Å². The Morgan fingerprint density at radius 2 is 1.88 bits per heavy atom. The fraction of sp³-hybridized carbons (Fsp3) is 0.0500. The van der Waals surface area contributed by atoms with Crippen LogP contribution in [0, 0.1) is 6.92 Å². The zero-order valence-corrected chi connectivity index (χ0v) is 14.5. The van der Waals surface area contributed by atoms with Crippen LogP contribution in [-0.2, 0) is 0 Å². The second-order valence-corrected chi connectivity index (χ2v) is 6.56. The van der Waals surface area contributed by atoms with E-state index < -0.39 is 0 Å². The number of aryl methyl sites for hydroxylation is 1. The number of hydrogen-bond acceptors (Lipinski definition) is 5. The Balaban J connectivity index is 1.50. The molecule has 4 aromatic rings. The minimum absolute atomic E-state index is 0.799. The van der Waals surface area contributed by atoms with Gasteiger partial charge in [-0.25, -0.2) is 4.98 Å². The molecule has 122 valence electrons. The van der Waals surface area contributed by atoms with E-state index in [2.05, 4.69) is 44.8 Å². The molecular weight excluding hydrogens is 328 g/mol. The minimum Gasteiger partial charge on any atom is -0.256 e. The second-order valence-electron chi connectivity index (χ2n) is 5.70. The Hall–Kier alpha value is -3.05. The van der Waals surface area contributed by atoms with Crippen LogP contribution < -0.4 is 5.43 Å². The monoisotopic (exact) mass is 344 g/mol. The molecule has 0 atom stereocenters. The van der Waals surface area contributed by atoms with Crippen LogP contribution >= 0.6 is 11.3 Å². The number of pyridine rings is 1. The van der Waals surface area contributed by atoms with Crippen LogP contribution in [0.2, 0.25) is 0 Å². The zero-order chi connectivity index (χ0) is 17.1. The predicted molar refractivity (Wildman–Crippen MR) is 105 cm³/mol. The molecule has 1 N–H and O–H groups in total. The number of fused-ring (bicyclic) bond motifs is 1. The number of rotatable bonds is 4. The highest BCUT2D eigenvalue weighted by Crippen LogP contribution is 2.22. The molecule has 2 heterocycles. The summed E-state index contributed by atoms with van der Waals surface area (Å²) in [4.78, 5) is 8.83. The third kappa shape index (κ3) is 3.56. The SMILES string of the molecule is Cc1csc(NN=Cc2ccc(-c3cnc4ccccc4c3)cc2)n1. The van der Waals surface area contributed by atoms with E-state index in [0.717, 1.165) is 38.4 Å². The van der Waals surface area contributed by atoms with Gasteiger partial charge in [0.15, 0.2) is 0 Å². The maximum absolute atomic E-state index is 4.52. The van der Waals surface area contributed by atoms with Crippen molar-refractivity contribution < 1.29 is 0 Å². The normalized spacial score (nSPS) is 11.2. The van der Waals surface area contributed by atoms with Crippen LogP contribution in [0.25, 0.3) is 22.0 Å². The number of nitrogens with one attached hydrogen (secondary N) is 1. The van der Waals surface area contributed by atoms with Crippen molar-refractivity contribution in [1.29, 1.82) is 0 Å². The van der Waals surface area contributed by atoms with Crippen LogP contribution in [0.15, 0.2) is 71.3 Å². The van der Waals surface area contributed by atoms with E-state index in [9.17, 15) is 0 Å². The summed E-state index contributed by atoms with van der Waals surface area (Å²) in [5.74, 6) is 0. The van der Waals surface area contributed by atoms with Crippen LogP contribution in [0.3, 0.4) is 0 Å². The number of nitrogens with zero attached hydrogens (tertiary/aromatic N) is 3. The first kappa shape index (κ1) is 15.5. The van der Waals surface area contributed by atoms with Crippen molar-refractivity contribution in [2.75, 3.05) is 5.43 Å². The number of benzene rings is 2. The second kappa shape index (κ2) is 6.83. The third-order valence-corrected chi connectivity index (χ3v) is 4.69. The topological polar surface area (TPSA) is 50.2 Å². The number of hydrogen-bond donors (Lipinski definition) is 1. The molecule has 4 nitrogen and oxygen atoms in total. The third-order valence-electron chi connectivity index (χ3n) is 3.83. The van der Waals surface area contributed by atoms with E-state index in [1.54, 1.807) is 17.6 Å². The molecule has 0 aliphatic carbocycles. The van der Waals surface area contributed by atoms with Gasteiger partial charge in [-0.2, -0.15) is 5.10 Å². The lowest BCUT2D eigenvalue weighted by Crippen LogP contribution is -1.90. The summed E-state index contributed by atoms with van der Waals surface area (Å²) in [6.45, 7) is 1.96. The van der Waals surface area contributed by atoms with E-state index >= 15 is 0 Å².